The minimum atomic E-state index is 0.184. The summed E-state index contributed by atoms with van der Waals surface area (Å²) in [5.41, 5.74) is 4.38. The first-order valence-corrected chi connectivity index (χ1v) is 8.70. The molecule has 0 spiro atoms. The molecule has 0 atom stereocenters. The van der Waals surface area contributed by atoms with Gasteiger partial charge in [-0.3, -0.25) is 4.79 Å². The van der Waals surface area contributed by atoms with E-state index in [4.69, 9.17) is 4.52 Å². The standard InChI is InChI=1S/C17H20N2O2S/c1-12-15(13(2)21-18-12)10-22-11-17(20)19-9-5-7-14-6-3-4-8-16(14)19/h3-4,6,8H,5,7,9-11H2,1-2H3. The number of aryl methyl sites for hydroxylation is 3. The average molecular weight is 316 g/mol. The molecule has 5 heteroatoms. The van der Waals surface area contributed by atoms with Gasteiger partial charge >= 0.3 is 0 Å². The quantitative estimate of drug-likeness (QED) is 0.866. The van der Waals surface area contributed by atoms with Gasteiger partial charge in [0.1, 0.15) is 5.76 Å². The number of thioether (sulfide) groups is 1. The third kappa shape index (κ3) is 3.04. The predicted octanol–water partition coefficient (Wildman–Crippen LogP) is 3.50. The molecular weight excluding hydrogens is 296 g/mol. The Morgan fingerprint density at radius 3 is 2.95 bits per heavy atom. The first-order valence-electron chi connectivity index (χ1n) is 7.54. The van der Waals surface area contributed by atoms with Gasteiger partial charge in [-0.05, 0) is 38.3 Å². The second kappa shape index (κ2) is 6.57. The third-order valence-electron chi connectivity index (χ3n) is 4.06. The van der Waals surface area contributed by atoms with Crippen molar-refractivity contribution in [2.24, 2.45) is 0 Å². The second-order valence-electron chi connectivity index (χ2n) is 5.57. The Morgan fingerprint density at radius 1 is 1.36 bits per heavy atom. The van der Waals surface area contributed by atoms with Gasteiger partial charge in [-0.2, -0.15) is 0 Å². The number of carbonyl (C=O) groups is 1. The van der Waals surface area contributed by atoms with Gasteiger partial charge in [0.05, 0.1) is 11.4 Å². The van der Waals surface area contributed by atoms with E-state index in [1.807, 2.05) is 36.9 Å². The highest BCUT2D eigenvalue weighted by atomic mass is 32.2. The topological polar surface area (TPSA) is 46.3 Å². The minimum absolute atomic E-state index is 0.184. The molecule has 2 heterocycles. The zero-order valence-corrected chi connectivity index (χ0v) is 13.8. The molecule has 0 aliphatic carbocycles. The van der Waals surface area contributed by atoms with Crippen LogP contribution in [0.4, 0.5) is 5.69 Å². The van der Waals surface area contributed by atoms with Crippen molar-refractivity contribution < 1.29 is 9.32 Å². The molecule has 0 fully saturated rings. The fourth-order valence-electron chi connectivity index (χ4n) is 2.82. The summed E-state index contributed by atoms with van der Waals surface area (Å²) in [6.07, 6.45) is 2.10. The molecule has 1 aromatic heterocycles. The lowest BCUT2D eigenvalue weighted by molar-refractivity contribution is -0.116. The summed E-state index contributed by atoms with van der Waals surface area (Å²) >= 11 is 1.62. The van der Waals surface area contributed by atoms with E-state index in [9.17, 15) is 4.79 Å². The zero-order valence-electron chi connectivity index (χ0n) is 13.0. The zero-order chi connectivity index (χ0) is 15.5. The lowest BCUT2D eigenvalue weighted by Crippen LogP contribution is -2.36. The Balaban J connectivity index is 1.61. The number of nitrogens with zero attached hydrogens (tertiary/aromatic N) is 2. The lowest BCUT2D eigenvalue weighted by Gasteiger charge is -2.29. The highest BCUT2D eigenvalue weighted by Crippen LogP contribution is 2.28. The van der Waals surface area contributed by atoms with Crippen molar-refractivity contribution in [3.63, 3.8) is 0 Å². The normalized spacial score (nSPS) is 14.0. The van der Waals surface area contributed by atoms with Crippen molar-refractivity contribution in [2.75, 3.05) is 17.2 Å². The van der Waals surface area contributed by atoms with Gasteiger partial charge < -0.3 is 9.42 Å². The number of benzene rings is 1. The van der Waals surface area contributed by atoms with Crippen LogP contribution in [0.2, 0.25) is 0 Å². The summed E-state index contributed by atoms with van der Waals surface area (Å²) in [5.74, 6) is 2.28. The van der Waals surface area contributed by atoms with Crippen LogP contribution in [0.3, 0.4) is 0 Å². The maximum Gasteiger partial charge on any atom is 0.236 e. The van der Waals surface area contributed by atoms with Gasteiger partial charge in [0.25, 0.3) is 0 Å². The SMILES string of the molecule is Cc1noc(C)c1CSCC(=O)N1CCCc2ccccc21. The average Bonchev–Trinajstić information content (AvgIpc) is 2.86. The molecule has 4 nitrogen and oxygen atoms in total. The molecule has 0 bridgehead atoms. The van der Waals surface area contributed by atoms with Crippen LogP contribution in [0.5, 0.6) is 0 Å². The van der Waals surface area contributed by atoms with E-state index in [1.165, 1.54) is 5.56 Å². The highest BCUT2D eigenvalue weighted by Gasteiger charge is 2.22. The number of hydrogen-bond donors (Lipinski definition) is 0. The summed E-state index contributed by atoms with van der Waals surface area (Å²) in [6.45, 7) is 4.68. The van der Waals surface area contributed by atoms with Crippen molar-refractivity contribution in [2.45, 2.75) is 32.4 Å². The highest BCUT2D eigenvalue weighted by molar-refractivity contribution is 7.99. The maximum atomic E-state index is 12.5. The molecule has 2 aromatic rings. The minimum Gasteiger partial charge on any atom is -0.361 e. The van der Waals surface area contributed by atoms with Crippen molar-refractivity contribution in [1.82, 2.24) is 5.16 Å². The van der Waals surface area contributed by atoms with Gasteiger partial charge in [-0.25, -0.2) is 0 Å². The molecular formula is C17H20N2O2S. The van der Waals surface area contributed by atoms with E-state index < -0.39 is 0 Å². The number of anilines is 1. The molecule has 1 aliphatic heterocycles. The summed E-state index contributed by atoms with van der Waals surface area (Å²) in [5, 5.41) is 3.95. The molecule has 1 aliphatic rings. The molecule has 22 heavy (non-hydrogen) atoms. The second-order valence-corrected chi connectivity index (χ2v) is 6.56. The first-order chi connectivity index (χ1) is 10.7. The first kappa shape index (κ1) is 15.2. The molecule has 0 saturated heterocycles. The van der Waals surface area contributed by atoms with E-state index >= 15 is 0 Å². The van der Waals surface area contributed by atoms with E-state index in [1.54, 1.807) is 11.8 Å². The van der Waals surface area contributed by atoms with Crippen LogP contribution in [0.15, 0.2) is 28.8 Å². The molecule has 3 rings (SSSR count). The number of rotatable bonds is 4. The Bertz CT molecular complexity index is 662. The van der Waals surface area contributed by atoms with Crippen LogP contribution >= 0.6 is 11.8 Å². The van der Waals surface area contributed by atoms with Crippen molar-refractivity contribution >= 4 is 23.4 Å². The van der Waals surface area contributed by atoms with Crippen LogP contribution in [0.1, 0.15) is 29.0 Å². The predicted molar refractivity (Wildman–Crippen MR) is 89.3 cm³/mol. The van der Waals surface area contributed by atoms with Crippen LogP contribution < -0.4 is 4.90 Å². The van der Waals surface area contributed by atoms with E-state index in [-0.39, 0.29) is 5.91 Å². The van der Waals surface area contributed by atoms with Gasteiger partial charge in [-0.15, -0.1) is 11.8 Å². The number of amides is 1. The summed E-state index contributed by atoms with van der Waals surface area (Å²) in [4.78, 5) is 14.5. The van der Waals surface area contributed by atoms with Gasteiger partial charge in [0, 0.05) is 23.5 Å². The Kier molecular flexibility index (Phi) is 4.52. The monoisotopic (exact) mass is 316 g/mol. The molecule has 0 radical (unpaired) electrons. The van der Waals surface area contributed by atoms with Crippen LogP contribution in [-0.4, -0.2) is 23.4 Å². The van der Waals surface area contributed by atoms with Gasteiger partial charge in [-0.1, -0.05) is 23.4 Å². The van der Waals surface area contributed by atoms with Crippen molar-refractivity contribution in [3.8, 4) is 0 Å². The molecule has 0 saturated carbocycles. The number of carbonyl (C=O) groups excluding carboxylic acids is 1. The van der Waals surface area contributed by atoms with Crippen LogP contribution in [0, 0.1) is 13.8 Å². The molecule has 1 amide bonds. The maximum absolute atomic E-state index is 12.5. The molecule has 0 N–H and O–H groups in total. The van der Waals surface area contributed by atoms with E-state index in [0.29, 0.717) is 5.75 Å². The number of para-hydroxylation sites is 1. The van der Waals surface area contributed by atoms with Gasteiger partial charge in [0.15, 0.2) is 0 Å². The molecule has 0 unspecified atom stereocenters. The molecule has 1 aromatic carbocycles. The number of aromatic nitrogens is 1. The van der Waals surface area contributed by atoms with E-state index in [0.717, 1.165) is 47.8 Å². The summed E-state index contributed by atoms with van der Waals surface area (Å²) in [7, 11) is 0. The summed E-state index contributed by atoms with van der Waals surface area (Å²) < 4.78 is 5.16. The van der Waals surface area contributed by atoms with E-state index in [2.05, 4.69) is 11.2 Å². The molecule has 116 valence electrons. The van der Waals surface area contributed by atoms with Crippen molar-refractivity contribution in [1.29, 1.82) is 0 Å². The number of hydrogen-bond acceptors (Lipinski definition) is 4. The van der Waals surface area contributed by atoms with Gasteiger partial charge in [0.2, 0.25) is 5.91 Å². The summed E-state index contributed by atoms with van der Waals surface area (Å²) in [6, 6.07) is 8.21. The van der Waals surface area contributed by atoms with Crippen LogP contribution in [0.25, 0.3) is 0 Å². The largest absolute Gasteiger partial charge is 0.361 e. The Hall–Kier alpha value is -1.75. The Labute approximate surface area is 134 Å². The van der Waals surface area contributed by atoms with Crippen LogP contribution in [-0.2, 0) is 17.0 Å². The smallest absolute Gasteiger partial charge is 0.236 e. The third-order valence-corrected chi connectivity index (χ3v) is 5.01. The number of fused-ring (bicyclic) bond motifs is 1. The fourth-order valence-corrected chi connectivity index (χ4v) is 3.87. The lowest BCUT2D eigenvalue weighted by atomic mass is 10.0. The van der Waals surface area contributed by atoms with Crippen molar-refractivity contribution in [3.05, 3.63) is 46.8 Å². The Morgan fingerprint density at radius 2 is 2.18 bits per heavy atom. The fraction of sp³-hybridized carbons (Fsp3) is 0.412.